The Kier molecular flexibility index (Phi) is 9.17. The van der Waals surface area contributed by atoms with Crippen molar-refractivity contribution in [2.24, 2.45) is 5.41 Å². The van der Waals surface area contributed by atoms with Crippen molar-refractivity contribution in [2.45, 2.75) is 60.4 Å². The first-order chi connectivity index (χ1) is 18.7. The lowest BCUT2D eigenvalue weighted by Gasteiger charge is -2.47. The summed E-state index contributed by atoms with van der Waals surface area (Å²) in [5.41, 5.74) is -4.53. The molecule has 2 aromatic rings. The van der Waals surface area contributed by atoms with Gasteiger partial charge in [0.2, 0.25) is 0 Å². The zero-order valence-corrected chi connectivity index (χ0v) is 24.5. The number of methoxy groups -OCH3 is 1. The molecule has 1 heterocycles. The Morgan fingerprint density at radius 1 is 1.00 bits per heavy atom. The number of carbonyl (C=O) groups is 2. The van der Waals surface area contributed by atoms with Gasteiger partial charge in [-0.1, -0.05) is 34.8 Å². The Morgan fingerprint density at radius 2 is 1.57 bits per heavy atom. The van der Waals surface area contributed by atoms with Crippen LogP contribution in [0, 0.1) is 5.41 Å². The van der Waals surface area contributed by atoms with Gasteiger partial charge in [0.05, 0.1) is 28.5 Å². The number of esters is 1. The minimum absolute atomic E-state index is 0.0455. The third-order valence-corrected chi connectivity index (χ3v) is 10.5. The van der Waals surface area contributed by atoms with Crippen molar-refractivity contribution < 1.29 is 36.8 Å². The van der Waals surface area contributed by atoms with Crippen molar-refractivity contribution in [3.63, 3.8) is 0 Å². The maximum Gasteiger partial charge on any atom is 0.430 e. The van der Waals surface area contributed by atoms with Crippen LogP contribution in [-0.4, -0.2) is 57.7 Å². The number of aliphatic hydroxyl groups is 1. The SMILES string of the molecule is COC(=O)c1ccc(S(=O)C2CCC3(CC2)CCN(C(=O)[C@](O)(c2cc(Cl)cc(Cl)c2)C(F)(F)F)CC3)cc1Cl. The van der Waals surface area contributed by atoms with Crippen molar-refractivity contribution in [2.75, 3.05) is 20.2 Å². The zero-order valence-electron chi connectivity index (χ0n) is 21.4. The molecule has 40 heavy (non-hydrogen) atoms. The van der Waals surface area contributed by atoms with E-state index in [1.54, 1.807) is 6.07 Å². The van der Waals surface area contributed by atoms with Gasteiger partial charge in [-0.2, -0.15) is 13.2 Å². The van der Waals surface area contributed by atoms with Gasteiger partial charge in [-0.25, -0.2) is 4.79 Å². The highest BCUT2D eigenvalue weighted by Gasteiger charge is 2.62. The quantitative estimate of drug-likeness (QED) is 0.375. The lowest BCUT2D eigenvalue weighted by Crippen LogP contribution is -2.58. The number of halogens is 6. The van der Waals surface area contributed by atoms with Gasteiger partial charge in [0.15, 0.2) is 0 Å². The number of piperidine rings is 1. The maximum atomic E-state index is 14.1. The molecule has 218 valence electrons. The minimum Gasteiger partial charge on any atom is -0.465 e. The molecule has 1 aliphatic heterocycles. The van der Waals surface area contributed by atoms with Crippen LogP contribution in [0.1, 0.15) is 54.4 Å². The van der Waals surface area contributed by atoms with Crippen LogP contribution >= 0.6 is 34.8 Å². The number of benzene rings is 2. The Labute approximate surface area is 247 Å². The molecule has 13 heteroatoms. The number of hydrogen-bond donors (Lipinski definition) is 1. The summed E-state index contributed by atoms with van der Waals surface area (Å²) in [6.45, 7) is 0.0910. The summed E-state index contributed by atoms with van der Waals surface area (Å²) in [5.74, 6) is -2.05. The summed E-state index contributed by atoms with van der Waals surface area (Å²) < 4.78 is 60.3. The van der Waals surface area contributed by atoms with Gasteiger partial charge in [-0.15, -0.1) is 0 Å². The Hall–Kier alpha value is -1.85. The molecule has 0 radical (unpaired) electrons. The number of nitrogens with zero attached hydrogens (tertiary/aromatic N) is 1. The van der Waals surface area contributed by atoms with Gasteiger partial charge in [0, 0.05) is 38.8 Å². The number of alkyl halides is 3. The molecule has 2 aliphatic rings. The highest BCUT2D eigenvalue weighted by atomic mass is 35.5. The molecule has 0 bridgehead atoms. The van der Waals surface area contributed by atoms with E-state index < -0.39 is 40.0 Å². The van der Waals surface area contributed by atoms with Crippen molar-refractivity contribution in [3.05, 3.63) is 62.6 Å². The number of likely N-dealkylation sites (tertiary alicyclic amines) is 1. The minimum atomic E-state index is -5.30. The average molecular weight is 641 g/mol. The van der Waals surface area contributed by atoms with E-state index in [0.29, 0.717) is 43.4 Å². The molecule has 2 aromatic carbocycles. The van der Waals surface area contributed by atoms with E-state index in [9.17, 15) is 32.1 Å². The molecule has 1 aliphatic carbocycles. The third-order valence-electron chi connectivity index (χ3n) is 7.99. The monoisotopic (exact) mass is 639 g/mol. The molecular formula is C27H27Cl3F3NO5S. The first-order valence-corrected chi connectivity index (χ1v) is 14.9. The summed E-state index contributed by atoms with van der Waals surface area (Å²) in [6, 6.07) is 7.58. The van der Waals surface area contributed by atoms with Crippen molar-refractivity contribution >= 4 is 57.5 Å². The van der Waals surface area contributed by atoms with Crippen molar-refractivity contribution in [3.8, 4) is 0 Å². The second-order valence-electron chi connectivity index (χ2n) is 10.3. The number of hydrogen-bond acceptors (Lipinski definition) is 5. The van der Waals surface area contributed by atoms with Crippen LogP contribution in [0.25, 0.3) is 0 Å². The highest BCUT2D eigenvalue weighted by Crippen LogP contribution is 2.48. The highest BCUT2D eigenvalue weighted by molar-refractivity contribution is 7.85. The van der Waals surface area contributed by atoms with Gasteiger partial charge < -0.3 is 14.7 Å². The van der Waals surface area contributed by atoms with Crippen LogP contribution in [0.4, 0.5) is 13.2 Å². The Morgan fingerprint density at radius 3 is 2.08 bits per heavy atom. The standard InChI is InChI=1S/C27H27Cl3F3NO5S/c1-39-23(35)21-3-2-20(15-22(21)30)40(38)19-4-6-25(7-5-19)8-10-34(11-9-25)24(36)26(37,27(31,32)33)16-12-17(28)14-18(29)13-16/h2-3,12-15,19,37H,4-11H2,1H3/t26-,40?/m1/s1. The molecule has 1 unspecified atom stereocenters. The first-order valence-electron chi connectivity index (χ1n) is 12.5. The average Bonchev–Trinajstić information content (AvgIpc) is 2.91. The number of carbonyl (C=O) groups excluding carboxylic acids is 2. The van der Waals surface area contributed by atoms with E-state index in [1.165, 1.54) is 25.3 Å². The third kappa shape index (κ3) is 6.02. The van der Waals surface area contributed by atoms with E-state index in [1.807, 2.05) is 0 Å². The topological polar surface area (TPSA) is 83.9 Å². The van der Waals surface area contributed by atoms with Crippen LogP contribution in [0.15, 0.2) is 41.3 Å². The number of amides is 1. The van der Waals surface area contributed by atoms with E-state index in [-0.39, 0.29) is 44.4 Å². The van der Waals surface area contributed by atoms with E-state index in [2.05, 4.69) is 4.74 Å². The maximum absolute atomic E-state index is 14.1. The van der Waals surface area contributed by atoms with Crippen LogP contribution in [0.5, 0.6) is 0 Å². The van der Waals surface area contributed by atoms with Crippen LogP contribution in [-0.2, 0) is 25.9 Å². The molecule has 6 nitrogen and oxygen atoms in total. The van der Waals surface area contributed by atoms with Crippen molar-refractivity contribution in [1.29, 1.82) is 0 Å². The van der Waals surface area contributed by atoms with Gasteiger partial charge >= 0.3 is 12.1 Å². The second-order valence-corrected chi connectivity index (χ2v) is 13.3. The predicted molar refractivity (Wildman–Crippen MR) is 146 cm³/mol. The molecule has 1 N–H and O–H groups in total. The van der Waals surface area contributed by atoms with Gasteiger partial charge in [-0.05, 0) is 80.3 Å². The largest absolute Gasteiger partial charge is 0.465 e. The summed E-state index contributed by atoms with van der Waals surface area (Å²) in [6.07, 6.45) is -1.72. The molecule has 2 fully saturated rings. The van der Waals surface area contributed by atoms with Crippen LogP contribution in [0.3, 0.4) is 0 Å². The zero-order chi connectivity index (χ0) is 29.5. The molecule has 4 rings (SSSR count). The van der Waals surface area contributed by atoms with E-state index >= 15 is 0 Å². The molecule has 1 saturated carbocycles. The van der Waals surface area contributed by atoms with Gasteiger partial charge in [0.25, 0.3) is 11.5 Å². The molecule has 2 atom stereocenters. The van der Waals surface area contributed by atoms with E-state index in [4.69, 9.17) is 34.8 Å². The van der Waals surface area contributed by atoms with Crippen LogP contribution < -0.4 is 0 Å². The van der Waals surface area contributed by atoms with Crippen molar-refractivity contribution in [1.82, 2.24) is 4.90 Å². The Balaban J connectivity index is 1.41. The fourth-order valence-electron chi connectivity index (χ4n) is 5.59. The van der Waals surface area contributed by atoms with Crippen LogP contribution in [0.2, 0.25) is 15.1 Å². The molecule has 1 spiro atoms. The molecule has 1 amide bonds. The second kappa shape index (κ2) is 11.8. The van der Waals surface area contributed by atoms with Gasteiger partial charge in [-0.3, -0.25) is 9.00 Å². The number of rotatable bonds is 5. The fourth-order valence-corrected chi connectivity index (χ4v) is 7.92. The molecular weight excluding hydrogens is 614 g/mol. The smallest absolute Gasteiger partial charge is 0.430 e. The summed E-state index contributed by atoms with van der Waals surface area (Å²) in [4.78, 5) is 26.5. The summed E-state index contributed by atoms with van der Waals surface area (Å²) in [7, 11) is -0.122. The predicted octanol–water partition coefficient (Wildman–Crippen LogP) is 6.54. The first kappa shape index (κ1) is 31.1. The molecule has 1 saturated heterocycles. The lowest BCUT2D eigenvalue weighted by molar-refractivity contribution is -0.262. The fraction of sp³-hybridized carbons (Fsp3) is 0.481. The van der Waals surface area contributed by atoms with Gasteiger partial charge in [0.1, 0.15) is 0 Å². The Bertz CT molecular complexity index is 1300. The van der Waals surface area contributed by atoms with E-state index in [0.717, 1.165) is 17.0 Å². The summed E-state index contributed by atoms with van der Waals surface area (Å²) >= 11 is 17.9. The lowest BCUT2D eigenvalue weighted by atomic mass is 9.68. The normalized spacial score (nSPS) is 20.1. The number of ether oxygens (including phenoxy) is 1. The summed E-state index contributed by atoms with van der Waals surface area (Å²) in [5, 5.41) is 10.5. The molecule has 0 aromatic heterocycles.